The summed E-state index contributed by atoms with van der Waals surface area (Å²) < 4.78 is 0. The van der Waals surface area contributed by atoms with Gasteiger partial charge in [-0.3, -0.25) is 14.9 Å². The molecule has 0 aliphatic carbocycles. The highest BCUT2D eigenvalue weighted by atomic mass is 35.5. The standard InChI is InChI=1S/C22H21ClN4O2S/c23-17-7-4-8-19(13-17)26-9-11-27(12-10-26)20(28)14-18-15-30-22(24-18)25-21(29)16-5-2-1-3-6-16/h1-8,13,15H,9-12,14H2,(H,24,25,29). The minimum Gasteiger partial charge on any atom is -0.368 e. The average Bonchev–Trinajstić information content (AvgIpc) is 3.21. The molecule has 1 aromatic heterocycles. The summed E-state index contributed by atoms with van der Waals surface area (Å²) in [6.07, 6.45) is 0.231. The first-order valence-corrected chi connectivity index (χ1v) is 10.9. The molecule has 3 aromatic rings. The second kappa shape index (κ2) is 9.28. The molecule has 1 aliphatic rings. The maximum absolute atomic E-state index is 12.7. The van der Waals surface area contributed by atoms with E-state index < -0.39 is 0 Å². The van der Waals surface area contributed by atoms with E-state index in [0.29, 0.717) is 34.5 Å². The second-order valence-electron chi connectivity index (χ2n) is 6.99. The highest BCUT2D eigenvalue weighted by Gasteiger charge is 2.22. The average molecular weight is 441 g/mol. The predicted molar refractivity (Wildman–Crippen MR) is 120 cm³/mol. The molecule has 4 rings (SSSR count). The van der Waals surface area contributed by atoms with Crippen LogP contribution in [0.25, 0.3) is 0 Å². The first-order valence-electron chi connectivity index (χ1n) is 9.67. The van der Waals surface area contributed by atoms with Crippen molar-refractivity contribution in [2.45, 2.75) is 6.42 Å². The number of carbonyl (C=O) groups excluding carboxylic acids is 2. The number of piperazine rings is 1. The Labute approximate surface area is 184 Å². The predicted octanol–water partition coefficient (Wildman–Crippen LogP) is 3.94. The van der Waals surface area contributed by atoms with Crippen molar-refractivity contribution in [1.82, 2.24) is 9.88 Å². The normalized spacial score (nSPS) is 13.9. The third-order valence-corrected chi connectivity index (χ3v) is 5.99. The highest BCUT2D eigenvalue weighted by molar-refractivity contribution is 7.14. The highest BCUT2D eigenvalue weighted by Crippen LogP contribution is 2.22. The van der Waals surface area contributed by atoms with Gasteiger partial charge in [-0.15, -0.1) is 11.3 Å². The zero-order valence-corrected chi connectivity index (χ0v) is 17.8. The largest absolute Gasteiger partial charge is 0.368 e. The lowest BCUT2D eigenvalue weighted by molar-refractivity contribution is -0.130. The SMILES string of the molecule is O=C(Nc1nc(CC(=O)N2CCN(c3cccc(Cl)c3)CC2)cs1)c1ccccc1. The number of nitrogens with zero attached hydrogens (tertiary/aromatic N) is 3. The fraction of sp³-hybridized carbons (Fsp3) is 0.227. The first kappa shape index (κ1) is 20.4. The Balaban J connectivity index is 1.29. The molecule has 30 heavy (non-hydrogen) atoms. The van der Waals surface area contributed by atoms with Gasteiger partial charge in [0, 0.05) is 47.8 Å². The van der Waals surface area contributed by atoms with Crippen molar-refractivity contribution in [3.8, 4) is 0 Å². The Bertz CT molecular complexity index is 1030. The van der Waals surface area contributed by atoms with Crippen LogP contribution in [0.15, 0.2) is 60.0 Å². The summed E-state index contributed by atoms with van der Waals surface area (Å²) in [6.45, 7) is 2.85. The Hall–Kier alpha value is -2.90. The van der Waals surface area contributed by atoms with Gasteiger partial charge in [0.15, 0.2) is 5.13 Å². The number of aromatic nitrogens is 1. The van der Waals surface area contributed by atoms with Crippen molar-refractivity contribution >= 4 is 45.6 Å². The van der Waals surface area contributed by atoms with E-state index in [2.05, 4.69) is 15.2 Å². The molecule has 0 saturated carbocycles. The molecular weight excluding hydrogens is 420 g/mol. The summed E-state index contributed by atoms with van der Waals surface area (Å²) in [5, 5.41) is 5.82. The minimum atomic E-state index is -0.208. The molecular formula is C22H21ClN4O2S. The van der Waals surface area contributed by atoms with Crippen molar-refractivity contribution < 1.29 is 9.59 Å². The number of hydrogen-bond donors (Lipinski definition) is 1. The van der Waals surface area contributed by atoms with E-state index in [4.69, 9.17) is 11.6 Å². The number of halogens is 1. The van der Waals surface area contributed by atoms with Crippen LogP contribution in [-0.4, -0.2) is 47.9 Å². The molecule has 1 aliphatic heterocycles. The number of carbonyl (C=O) groups is 2. The summed E-state index contributed by atoms with van der Waals surface area (Å²) in [5.74, 6) is -0.160. The molecule has 2 amide bonds. The van der Waals surface area contributed by atoms with Gasteiger partial charge in [-0.05, 0) is 30.3 Å². The smallest absolute Gasteiger partial charge is 0.257 e. The lowest BCUT2D eigenvalue weighted by atomic mass is 10.2. The fourth-order valence-corrected chi connectivity index (χ4v) is 4.25. The lowest BCUT2D eigenvalue weighted by Crippen LogP contribution is -2.49. The van der Waals surface area contributed by atoms with E-state index in [1.54, 1.807) is 12.1 Å². The van der Waals surface area contributed by atoms with Gasteiger partial charge < -0.3 is 9.80 Å². The molecule has 0 unspecified atom stereocenters. The summed E-state index contributed by atoms with van der Waals surface area (Å²) in [6, 6.07) is 16.7. The summed E-state index contributed by atoms with van der Waals surface area (Å²) in [5.41, 5.74) is 2.32. The third-order valence-electron chi connectivity index (χ3n) is 4.95. The van der Waals surface area contributed by atoms with Gasteiger partial charge in [0.1, 0.15) is 0 Å². The molecule has 2 heterocycles. The summed E-state index contributed by atoms with van der Waals surface area (Å²) >= 11 is 7.40. The van der Waals surface area contributed by atoms with Crippen molar-refractivity contribution in [1.29, 1.82) is 0 Å². The first-order chi connectivity index (χ1) is 14.6. The van der Waals surface area contributed by atoms with E-state index in [1.165, 1.54) is 11.3 Å². The molecule has 1 saturated heterocycles. The minimum absolute atomic E-state index is 0.0481. The Morgan fingerprint density at radius 2 is 1.80 bits per heavy atom. The Morgan fingerprint density at radius 1 is 1.03 bits per heavy atom. The van der Waals surface area contributed by atoms with Crippen LogP contribution in [0.2, 0.25) is 5.02 Å². The van der Waals surface area contributed by atoms with E-state index in [1.807, 2.05) is 52.7 Å². The Kier molecular flexibility index (Phi) is 6.30. The molecule has 1 fully saturated rings. The second-order valence-corrected chi connectivity index (χ2v) is 8.28. The fourth-order valence-electron chi connectivity index (χ4n) is 3.36. The number of rotatable bonds is 5. The van der Waals surface area contributed by atoms with Crippen LogP contribution in [0.5, 0.6) is 0 Å². The third kappa shape index (κ3) is 4.98. The van der Waals surface area contributed by atoms with Gasteiger partial charge in [0.2, 0.25) is 5.91 Å². The van der Waals surface area contributed by atoms with Crippen LogP contribution in [0, 0.1) is 0 Å². The topological polar surface area (TPSA) is 65.5 Å². The van der Waals surface area contributed by atoms with E-state index in [-0.39, 0.29) is 18.2 Å². The molecule has 0 atom stereocenters. The van der Waals surface area contributed by atoms with Crippen LogP contribution >= 0.6 is 22.9 Å². The van der Waals surface area contributed by atoms with Crippen LogP contribution in [0.3, 0.4) is 0 Å². The van der Waals surface area contributed by atoms with Gasteiger partial charge in [-0.25, -0.2) is 4.98 Å². The molecule has 0 spiro atoms. The van der Waals surface area contributed by atoms with Gasteiger partial charge >= 0.3 is 0 Å². The van der Waals surface area contributed by atoms with Crippen LogP contribution in [-0.2, 0) is 11.2 Å². The Morgan fingerprint density at radius 3 is 2.53 bits per heavy atom. The van der Waals surface area contributed by atoms with Gasteiger partial charge in [-0.2, -0.15) is 0 Å². The maximum Gasteiger partial charge on any atom is 0.257 e. The monoisotopic (exact) mass is 440 g/mol. The van der Waals surface area contributed by atoms with Crippen LogP contribution in [0.1, 0.15) is 16.1 Å². The molecule has 6 nitrogen and oxygen atoms in total. The van der Waals surface area contributed by atoms with Crippen molar-refractivity contribution in [3.05, 3.63) is 76.3 Å². The number of anilines is 2. The van der Waals surface area contributed by atoms with E-state index >= 15 is 0 Å². The number of thiazole rings is 1. The number of nitrogens with one attached hydrogen (secondary N) is 1. The van der Waals surface area contributed by atoms with Crippen molar-refractivity contribution in [2.75, 3.05) is 36.4 Å². The zero-order chi connectivity index (χ0) is 20.9. The molecule has 1 N–H and O–H groups in total. The van der Waals surface area contributed by atoms with E-state index in [9.17, 15) is 9.59 Å². The maximum atomic E-state index is 12.7. The molecule has 154 valence electrons. The molecule has 0 radical (unpaired) electrons. The van der Waals surface area contributed by atoms with Gasteiger partial charge in [0.05, 0.1) is 12.1 Å². The number of hydrogen-bond acceptors (Lipinski definition) is 5. The van der Waals surface area contributed by atoms with Crippen molar-refractivity contribution in [2.24, 2.45) is 0 Å². The molecule has 8 heteroatoms. The van der Waals surface area contributed by atoms with Gasteiger partial charge in [-0.1, -0.05) is 35.9 Å². The number of amides is 2. The molecule has 0 bridgehead atoms. The van der Waals surface area contributed by atoms with Crippen molar-refractivity contribution in [3.63, 3.8) is 0 Å². The van der Waals surface area contributed by atoms with Crippen LogP contribution < -0.4 is 10.2 Å². The van der Waals surface area contributed by atoms with Gasteiger partial charge in [0.25, 0.3) is 5.91 Å². The van der Waals surface area contributed by atoms with E-state index in [0.717, 1.165) is 18.8 Å². The number of benzene rings is 2. The van der Waals surface area contributed by atoms with Crippen LogP contribution in [0.4, 0.5) is 10.8 Å². The quantitative estimate of drug-likeness (QED) is 0.652. The summed E-state index contributed by atoms with van der Waals surface area (Å²) in [7, 11) is 0. The summed E-state index contributed by atoms with van der Waals surface area (Å²) in [4.78, 5) is 33.4. The lowest BCUT2D eigenvalue weighted by Gasteiger charge is -2.36. The zero-order valence-electron chi connectivity index (χ0n) is 16.3. The molecule has 2 aromatic carbocycles.